The van der Waals surface area contributed by atoms with E-state index >= 15 is 0 Å². The monoisotopic (exact) mass is 377 g/mol. The van der Waals surface area contributed by atoms with Crippen LogP contribution in [0.2, 0.25) is 0 Å². The summed E-state index contributed by atoms with van der Waals surface area (Å²) in [6, 6.07) is 16.0. The summed E-state index contributed by atoms with van der Waals surface area (Å²) in [7, 11) is 1.62. The van der Waals surface area contributed by atoms with E-state index in [1.54, 1.807) is 7.11 Å². The van der Waals surface area contributed by atoms with Crippen molar-refractivity contribution in [1.82, 2.24) is 15.0 Å². The highest BCUT2D eigenvalue weighted by atomic mass is 16.5. The second-order valence-corrected chi connectivity index (χ2v) is 7.16. The van der Waals surface area contributed by atoms with Gasteiger partial charge in [0, 0.05) is 25.1 Å². The molecule has 1 aliphatic heterocycles. The molecule has 144 valence electrons. The summed E-state index contributed by atoms with van der Waals surface area (Å²) in [5.74, 6) is 1.85. The first-order chi connectivity index (χ1) is 13.6. The van der Waals surface area contributed by atoms with E-state index in [1.807, 2.05) is 29.2 Å². The average Bonchev–Trinajstić information content (AvgIpc) is 3.35. The highest BCUT2D eigenvalue weighted by Gasteiger charge is 2.34. The normalized spacial score (nSPS) is 16.6. The number of rotatable bonds is 6. The molecule has 1 unspecified atom stereocenters. The molecule has 0 radical (unpaired) electrons. The first kappa shape index (κ1) is 18.2. The largest absolute Gasteiger partial charge is 0.497 e. The standard InChI is InChI=1S/C22H23N3O3/c1-15-6-8-16(9-7-15)10-11-25-14-18(13-20(25)26)22-23-21(24-28-22)17-4-3-5-19(12-17)27-2/h3-9,12,18H,10-11,13-14H2,1-2H3. The molecule has 6 heteroatoms. The molecule has 0 N–H and O–H groups in total. The molecular formula is C22H23N3O3. The lowest BCUT2D eigenvalue weighted by molar-refractivity contribution is -0.127. The van der Waals surface area contributed by atoms with Gasteiger partial charge >= 0.3 is 0 Å². The Kier molecular flexibility index (Phi) is 5.10. The van der Waals surface area contributed by atoms with Crippen molar-refractivity contribution >= 4 is 5.91 Å². The fourth-order valence-electron chi connectivity index (χ4n) is 3.45. The van der Waals surface area contributed by atoms with Gasteiger partial charge in [-0.25, -0.2) is 0 Å². The molecule has 2 aromatic carbocycles. The lowest BCUT2D eigenvalue weighted by Crippen LogP contribution is -2.27. The Balaban J connectivity index is 1.41. The second kappa shape index (κ2) is 7.84. The lowest BCUT2D eigenvalue weighted by atomic mass is 10.1. The van der Waals surface area contributed by atoms with Gasteiger partial charge in [0.1, 0.15) is 5.75 Å². The van der Waals surface area contributed by atoms with E-state index in [2.05, 4.69) is 41.3 Å². The van der Waals surface area contributed by atoms with Crippen LogP contribution in [0.5, 0.6) is 5.75 Å². The van der Waals surface area contributed by atoms with E-state index in [0.717, 1.165) is 17.7 Å². The topological polar surface area (TPSA) is 68.5 Å². The van der Waals surface area contributed by atoms with Crippen molar-refractivity contribution in [2.45, 2.75) is 25.7 Å². The zero-order chi connectivity index (χ0) is 19.5. The number of ether oxygens (including phenoxy) is 1. The van der Waals surface area contributed by atoms with E-state index in [9.17, 15) is 4.79 Å². The summed E-state index contributed by atoms with van der Waals surface area (Å²) in [4.78, 5) is 18.8. The van der Waals surface area contributed by atoms with Crippen LogP contribution in [-0.4, -0.2) is 41.1 Å². The van der Waals surface area contributed by atoms with Crippen molar-refractivity contribution < 1.29 is 14.1 Å². The fourth-order valence-corrected chi connectivity index (χ4v) is 3.45. The van der Waals surface area contributed by atoms with Crippen molar-refractivity contribution in [2.24, 2.45) is 0 Å². The van der Waals surface area contributed by atoms with Crippen LogP contribution in [0.25, 0.3) is 11.4 Å². The maximum absolute atomic E-state index is 12.4. The average molecular weight is 377 g/mol. The molecule has 1 saturated heterocycles. The number of likely N-dealkylation sites (tertiary alicyclic amines) is 1. The Morgan fingerprint density at radius 1 is 1.21 bits per heavy atom. The number of hydrogen-bond acceptors (Lipinski definition) is 5. The molecule has 6 nitrogen and oxygen atoms in total. The van der Waals surface area contributed by atoms with E-state index < -0.39 is 0 Å². The van der Waals surface area contributed by atoms with Gasteiger partial charge in [0.2, 0.25) is 17.6 Å². The van der Waals surface area contributed by atoms with E-state index in [-0.39, 0.29) is 11.8 Å². The van der Waals surface area contributed by atoms with Crippen molar-refractivity contribution in [3.63, 3.8) is 0 Å². The Bertz CT molecular complexity index is 965. The van der Waals surface area contributed by atoms with Crippen LogP contribution in [0.3, 0.4) is 0 Å². The maximum atomic E-state index is 12.4. The van der Waals surface area contributed by atoms with Gasteiger partial charge in [0.25, 0.3) is 0 Å². The molecule has 4 rings (SSSR count). The molecule has 1 aliphatic rings. The summed E-state index contributed by atoms with van der Waals surface area (Å²) >= 11 is 0. The number of methoxy groups -OCH3 is 1. The quantitative estimate of drug-likeness (QED) is 0.656. The molecule has 0 spiro atoms. The number of aromatic nitrogens is 2. The molecule has 0 bridgehead atoms. The van der Waals surface area contributed by atoms with Crippen LogP contribution in [0.1, 0.15) is 29.4 Å². The van der Waals surface area contributed by atoms with Crippen LogP contribution in [-0.2, 0) is 11.2 Å². The molecular weight excluding hydrogens is 354 g/mol. The fraction of sp³-hybridized carbons (Fsp3) is 0.318. The molecule has 2 heterocycles. The Labute approximate surface area is 164 Å². The smallest absolute Gasteiger partial charge is 0.232 e. The highest BCUT2D eigenvalue weighted by Crippen LogP contribution is 2.29. The number of benzene rings is 2. The number of nitrogens with zero attached hydrogens (tertiary/aromatic N) is 3. The van der Waals surface area contributed by atoms with Crippen molar-refractivity contribution in [3.05, 3.63) is 65.5 Å². The van der Waals surface area contributed by atoms with Gasteiger partial charge in [0.05, 0.1) is 13.0 Å². The Hall–Kier alpha value is -3.15. The van der Waals surface area contributed by atoms with E-state index in [1.165, 1.54) is 11.1 Å². The number of carbonyl (C=O) groups is 1. The number of amides is 1. The lowest BCUT2D eigenvalue weighted by Gasteiger charge is -2.15. The summed E-state index contributed by atoms with van der Waals surface area (Å²) in [5.41, 5.74) is 3.30. The van der Waals surface area contributed by atoms with Crippen molar-refractivity contribution in [1.29, 1.82) is 0 Å². The zero-order valence-electron chi connectivity index (χ0n) is 16.1. The van der Waals surface area contributed by atoms with Gasteiger partial charge < -0.3 is 14.2 Å². The molecule has 1 aromatic heterocycles. The van der Waals surface area contributed by atoms with Crippen LogP contribution < -0.4 is 4.74 Å². The van der Waals surface area contributed by atoms with Gasteiger partial charge in [-0.2, -0.15) is 4.98 Å². The Morgan fingerprint density at radius 2 is 2.04 bits per heavy atom. The van der Waals surface area contributed by atoms with Crippen molar-refractivity contribution in [2.75, 3.05) is 20.2 Å². The van der Waals surface area contributed by atoms with Gasteiger partial charge in [-0.05, 0) is 31.0 Å². The first-order valence-corrected chi connectivity index (χ1v) is 9.44. The van der Waals surface area contributed by atoms with Gasteiger partial charge in [-0.1, -0.05) is 47.1 Å². The molecule has 1 fully saturated rings. The minimum Gasteiger partial charge on any atom is -0.497 e. The molecule has 0 saturated carbocycles. The van der Waals surface area contributed by atoms with Gasteiger partial charge in [-0.3, -0.25) is 4.79 Å². The minimum absolute atomic E-state index is 0.0580. The highest BCUT2D eigenvalue weighted by molar-refractivity contribution is 5.79. The minimum atomic E-state index is -0.0580. The van der Waals surface area contributed by atoms with Gasteiger partial charge in [0.15, 0.2) is 0 Å². The summed E-state index contributed by atoms with van der Waals surface area (Å²) in [6.45, 7) is 3.39. The summed E-state index contributed by atoms with van der Waals surface area (Å²) < 4.78 is 10.7. The molecule has 3 aromatic rings. The van der Waals surface area contributed by atoms with Gasteiger partial charge in [-0.15, -0.1) is 0 Å². The van der Waals surface area contributed by atoms with Crippen LogP contribution in [0.4, 0.5) is 0 Å². The number of carbonyl (C=O) groups excluding carboxylic acids is 1. The SMILES string of the molecule is COc1cccc(-c2noc(C3CC(=O)N(CCc4ccc(C)cc4)C3)n2)c1. The van der Waals surface area contributed by atoms with Crippen LogP contribution >= 0.6 is 0 Å². The third-order valence-electron chi connectivity index (χ3n) is 5.12. The second-order valence-electron chi connectivity index (χ2n) is 7.16. The molecule has 28 heavy (non-hydrogen) atoms. The van der Waals surface area contributed by atoms with E-state index in [4.69, 9.17) is 9.26 Å². The number of aryl methyl sites for hydroxylation is 1. The number of hydrogen-bond donors (Lipinski definition) is 0. The molecule has 1 atom stereocenters. The predicted molar refractivity (Wildman–Crippen MR) is 105 cm³/mol. The third kappa shape index (κ3) is 3.91. The van der Waals surface area contributed by atoms with Crippen LogP contribution in [0, 0.1) is 6.92 Å². The Morgan fingerprint density at radius 3 is 2.82 bits per heavy atom. The maximum Gasteiger partial charge on any atom is 0.232 e. The summed E-state index contributed by atoms with van der Waals surface area (Å²) in [6.07, 6.45) is 1.26. The third-order valence-corrected chi connectivity index (χ3v) is 5.12. The first-order valence-electron chi connectivity index (χ1n) is 9.44. The summed E-state index contributed by atoms with van der Waals surface area (Å²) in [5, 5.41) is 4.09. The zero-order valence-corrected chi connectivity index (χ0v) is 16.1. The molecule has 1 amide bonds. The molecule has 0 aliphatic carbocycles. The van der Waals surface area contributed by atoms with Crippen LogP contribution in [0.15, 0.2) is 53.1 Å². The van der Waals surface area contributed by atoms with E-state index in [0.29, 0.717) is 31.2 Å². The van der Waals surface area contributed by atoms with Crippen molar-refractivity contribution in [3.8, 4) is 17.1 Å². The predicted octanol–water partition coefficient (Wildman–Crippen LogP) is 3.61.